The van der Waals surface area contributed by atoms with Crippen molar-refractivity contribution in [2.24, 2.45) is 0 Å². The number of ether oxygens (including phenoxy) is 1. The van der Waals surface area contributed by atoms with Gasteiger partial charge in [0.1, 0.15) is 0 Å². The van der Waals surface area contributed by atoms with Crippen molar-refractivity contribution in [1.29, 1.82) is 0 Å². The third kappa shape index (κ3) is 5.11. The number of esters is 1. The summed E-state index contributed by atoms with van der Waals surface area (Å²) in [6.45, 7) is 3.57. The summed E-state index contributed by atoms with van der Waals surface area (Å²) in [5, 5.41) is 0. The maximum atomic E-state index is 12.1. The lowest BCUT2D eigenvalue weighted by Crippen LogP contribution is -2.36. The standard InChI is InChI=1S/C21H22N2O3S2/c1-14(2)23(3)19(24)12-26-20(25)16-10-8-15(9-11-16)13-27-21-22-17-6-4-5-7-18(17)28-21/h4-11,14H,12-13H2,1-3H3. The lowest BCUT2D eigenvalue weighted by molar-refractivity contribution is -0.134. The summed E-state index contributed by atoms with van der Waals surface area (Å²) < 4.78 is 7.33. The highest BCUT2D eigenvalue weighted by Gasteiger charge is 2.15. The van der Waals surface area contributed by atoms with Crippen LogP contribution in [0.15, 0.2) is 52.9 Å². The van der Waals surface area contributed by atoms with Gasteiger partial charge in [0, 0.05) is 18.8 Å². The highest BCUT2D eigenvalue weighted by molar-refractivity contribution is 8.00. The number of fused-ring (bicyclic) bond motifs is 1. The van der Waals surface area contributed by atoms with Gasteiger partial charge in [-0.3, -0.25) is 4.79 Å². The van der Waals surface area contributed by atoms with Crippen molar-refractivity contribution in [1.82, 2.24) is 9.88 Å². The third-order valence-corrected chi connectivity index (χ3v) is 6.57. The number of nitrogens with zero attached hydrogens (tertiary/aromatic N) is 2. The first-order valence-electron chi connectivity index (χ1n) is 8.94. The molecule has 0 saturated carbocycles. The second kappa shape index (κ2) is 9.21. The molecule has 1 heterocycles. The summed E-state index contributed by atoms with van der Waals surface area (Å²) in [4.78, 5) is 30.2. The number of carbonyl (C=O) groups is 2. The van der Waals surface area contributed by atoms with E-state index in [2.05, 4.69) is 11.1 Å². The first kappa shape index (κ1) is 20.4. The molecule has 1 amide bonds. The van der Waals surface area contributed by atoms with Crippen LogP contribution in [-0.4, -0.2) is 41.5 Å². The van der Waals surface area contributed by atoms with Crippen molar-refractivity contribution in [2.75, 3.05) is 13.7 Å². The molecule has 3 aromatic rings. The van der Waals surface area contributed by atoms with E-state index in [9.17, 15) is 9.59 Å². The van der Waals surface area contributed by atoms with E-state index >= 15 is 0 Å². The van der Waals surface area contributed by atoms with Crippen LogP contribution in [0, 0.1) is 0 Å². The molecule has 0 N–H and O–H groups in total. The Morgan fingerprint density at radius 1 is 1.14 bits per heavy atom. The molecule has 2 aromatic carbocycles. The zero-order valence-corrected chi connectivity index (χ0v) is 17.7. The third-order valence-electron chi connectivity index (χ3n) is 4.32. The highest BCUT2D eigenvalue weighted by Crippen LogP contribution is 2.31. The van der Waals surface area contributed by atoms with Crippen LogP contribution in [0.1, 0.15) is 29.8 Å². The average Bonchev–Trinajstić information content (AvgIpc) is 3.13. The molecule has 1 aromatic heterocycles. The van der Waals surface area contributed by atoms with Crippen molar-refractivity contribution in [2.45, 2.75) is 30.0 Å². The number of rotatable bonds is 7. The van der Waals surface area contributed by atoms with Crippen molar-refractivity contribution in [3.8, 4) is 0 Å². The lowest BCUT2D eigenvalue weighted by Gasteiger charge is -2.21. The van der Waals surface area contributed by atoms with Gasteiger partial charge in [0.15, 0.2) is 10.9 Å². The molecule has 28 heavy (non-hydrogen) atoms. The smallest absolute Gasteiger partial charge is 0.338 e. The molecule has 0 fully saturated rings. The number of thiazole rings is 1. The largest absolute Gasteiger partial charge is 0.452 e. The molecule has 3 rings (SSSR count). The van der Waals surface area contributed by atoms with Crippen LogP contribution in [0.25, 0.3) is 10.2 Å². The van der Waals surface area contributed by atoms with Crippen LogP contribution < -0.4 is 0 Å². The van der Waals surface area contributed by atoms with Crippen molar-refractivity contribution < 1.29 is 14.3 Å². The van der Waals surface area contributed by atoms with E-state index in [1.54, 1.807) is 47.2 Å². The molecule has 5 nitrogen and oxygen atoms in total. The van der Waals surface area contributed by atoms with Gasteiger partial charge in [0.05, 0.1) is 15.8 Å². The summed E-state index contributed by atoms with van der Waals surface area (Å²) in [5.41, 5.74) is 2.55. The Balaban J connectivity index is 1.52. The van der Waals surface area contributed by atoms with Crippen molar-refractivity contribution in [3.05, 3.63) is 59.7 Å². The van der Waals surface area contributed by atoms with E-state index in [4.69, 9.17) is 4.74 Å². The fourth-order valence-corrected chi connectivity index (χ4v) is 4.42. The van der Waals surface area contributed by atoms with Gasteiger partial charge in [-0.05, 0) is 43.7 Å². The number of para-hydroxylation sites is 1. The summed E-state index contributed by atoms with van der Waals surface area (Å²) in [5.74, 6) is 0.0652. The number of likely N-dealkylation sites (N-methyl/N-ethyl adjacent to an activating group) is 1. The van der Waals surface area contributed by atoms with E-state index in [1.165, 1.54) is 4.70 Å². The molecular formula is C21H22N2O3S2. The molecule has 0 radical (unpaired) electrons. The maximum Gasteiger partial charge on any atom is 0.338 e. The Hall–Kier alpha value is -2.38. The number of hydrogen-bond donors (Lipinski definition) is 0. The van der Waals surface area contributed by atoms with E-state index < -0.39 is 5.97 Å². The quantitative estimate of drug-likeness (QED) is 0.417. The monoisotopic (exact) mass is 414 g/mol. The lowest BCUT2D eigenvalue weighted by atomic mass is 10.1. The first-order chi connectivity index (χ1) is 13.4. The molecule has 7 heteroatoms. The average molecular weight is 415 g/mol. The van der Waals surface area contributed by atoms with Gasteiger partial charge in [0.2, 0.25) is 0 Å². The van der Waals surface area contributed by atoms with Gasteiger partial charge in [-0.2, -0.15) is 0 Å². The van der Waals surface area contributed by atoms with Gasteiger partial charge in [-0.15, -0.1) is 11.3 Å². The molecule has 0 unspecified atom stereocenters. The minimum absolute atomic E-state index is 0.0680. The zero-order valence-electron chi connectivity index (χ0n) is 16.0. The number of thioether (sulfide) groups is 1. The number of hydrogen-bond acceptors (Lipinski definition) is 6. The predicted molar refractivity (Wildman–Crippen MR) is 114 cm³/mol. The van der Waals surface area contributed by atoms with Gasteiger partial charge in [-0.1, -0.05) is 36.0 Å². The van der Waals surface area contributed by atoms with Crippen LogP contribution in [-0.2, 0) is 15.3 Å². The van der Waals surface area contributed by atoms with Gasteiger partial charge < -0.3 is 9.64 Å². The van der Waals surface area contributed by atoms with Crippen LogP contribution in [0.4, 0.5) is 0 Å². The second-order valence-corrected chi connectivity index (χ2v) is 8.86. The Kier molecular flexibility index (Phi) is 6.70. The van der Waals surface area contributed by atoms with E-state index in [0.29, 0.717) is 5.56 Å². The van der Waals surface area contributed by atoms with Gasteiger partial charge >= 0.3 is 5.97 Å². The molecular weight excluding hydrogens is 392 g/mol. The fourth-order valence-electron chi connectivity index (χ4n) is 2.40. The summed E-state index contributed by atoms with van der Waals surface area (Å²) in [6.07, 6.45) is 0. The normalized spacial score (nSPS) is 11.0. The SMILES string of the molecule is CC(C)N(C)C(=O)COC(=O)c1ccc(CSc2nc3ccccc3s2)cc1. The van der Waals surface area contributed by atoms with E-state index in [-0.39, 0.29) is 18.6 Å². The van der Waals surface area contributed by atoms with E-state index in [1.807, 2.05) is 44.2 Å². The number of benzene rings is 2. The fraction of sp³-hybridized carbons (Fsp3) is 0.286. The van der Waals surface area contributed by atoms with Crippen LogP contribution in [0.3, 0.4) is 0 Å². The number of carbonyl (C=O) groups excluding carboxylic acids is 2. The van der Waals surface area contributed by atoms with Crippen LogP contribution in [0.2, 0.25) is 0 Å². The number of aromatic nitrogens is 1. The maximum absolute atomic E-state index is 12.1. The molecule has 0 spiro atoms. The first-order valence-corrected chi connectivity index (χ1v) is 10.7. The second-order valence-electron chi connectivity index (χ2n) is 6.61. The summed E-state index contributed by atoms with van der Waals surface area (Å²) in [7, 11) is 1.69. The van der Waals surface area contributed by atoms with Gasteiger partial charge in [0.25, 0.3) is 5.91 Å². The minimum atomic E-state index is -0.490. The minimum Gasteiger partial charge on any atom is -0.452 e. The van der Waals surface area contributed by atoms with Crippen LogP contribution in [0.5, 0.6) is 0 Å². The molecule has 146 valence electrons. The Morgan fingerprint density at radius 3 is 2.54 bits per heavy atom. The number of amides is 1. The Labute approximate surface area is 172 Å². The molecule has 0 saturated heterocycles. The molecule has 0 aliphatic carbocycles. The Morgan fingerprint density at radius 2 is 1.86 bits per heavy atom. The Bertz CT molecular complexity index is 934. The van der Waals surface area contributed by atoms with Crippen molar-refractivity contribution >= 4 is 45.2 Å². The van der Waals surface area contributed by atoms with Crippen molar-refractivity contribution in [3.63, 3.8) is 0 Å². The summed E-state index contributed by atoms with van der Waals surface area (Å²) >= 11 is 3.35. The summed E-state index contributed by atoms with van der Waals surface area (Å²) in [6, 6.07) is 15.4. The highest BCUT2D eigenvalue weighted by atomic mass is 32.2. The zero-order chi connectivity index (χ0) is 20.1. The molecule has 0 aliphatic rings. The van der Waals surface area contributed by atoms with E-state index in [0.717, 1.165) is 21.2 Å². The molecule has 0 aliphatic heterocycles. The topological polar surface area (TPSA) is 59.5 Å². The van der Waals surface area contributed by atoms with Gasteiger partial charge in [-0.25, -0.2) is 9.78 Å². The molecule has 0 atom stereocenters. The molecule has 0 bridgehead atoms. The van der Waals surface area contributed by atoms with Crippen LogP contribution >= 0.6 is 23.1 Å². The predicted octanol–water partition coefficient (Wildman–Crippen LogP) is 4.61.